The molecular weight excluding hydrogens is 282 g/mol. The Balaban J connectivity index is 2.03. The Hall–Kier alpha value is -1.17. The average molecular weight is 309 g/mol. The van der Waals surface area contributed by atoms with Crippen molar-refractivity contribution in [3.05, 3.63) is 18.0 Å². The monoisotopic (exact) mass is 309 g/mol. The molecule has 21 heavy (non-hydrogen) atoms. The molecule has 0 amide bonds. The highest BCUT2D eigenvalue weighted by molar-refractivity contribution is 8.00. The molecule has 118 valence electrons. The van der Waals surface area contributed by atoms with E-state index >= 15 is 0 Å². The van der Waals surface area contributed by atoms with Crippen LogP contribution in [0, 0.1) is 5.92 Å². The second-order valence-electron chi connectivity index (χ2n) is 5.79. The van der Waals surface area contributed by atoms with Gasteiger partial charge in [0.2, 0.25) is 0 Å². The summed E-state index contributed by atoms with van der Waals surface area (Å²) in [6, 6.07) is 0. The van der Waals surface area contributed by atoms with Crippen LogP contribution in [0.4, 0.5) is 0 Å². The van der Waals surface area contributed by atoms with Gasteiger partial charge in [-0.15, -0.1) is 0 Å². The molecule has 1 unspecified atom stereocenters. The van der Waals surface area contributed by atoms with Crippen LogP contribution in [0.3, 0.4) is 0 Å². The lowest BCUT2D eigenvalue weighted by molar-refractivity contribution is 0.381. The van der Waals surface area contributed by atoms with Crippen LogP contribution in [-0.4, -0.2) is 51.3 Å². The summed E-state index contributed by atoms with van der Waals surface area (Å²) in [4.78, 5) is 7.19. The van der Waals surface area contributed by atoms with Gasteiger partial charge in [-0.05, 0) is 12.8 Å². The number of nitrogens with one attached hydrogen (secondary N) is 1. The molecule has 0 aliphatic carbocycles. The van der Waals surface area contributed by atoms with Crippen LogP contribution in [0.5, 0.6) is 0 Å². The summed E-state index contributed by atoms with van der Waals surface area (Å²) in [6.07, 6.45) is 3.91. The van der Waals surface area contributed by atoms with Crippen molar-refractivity contribution in [1.82, 2.24) is 20.0 Å². The van der Waals surface area contributed by atoms with E-state index in [0.717, 1.165) is 31.2 Å². The van der Waals surface area contributed by atoms with Crippen LogP contribution in [0.15, 0.2) is 17.4 Å². The van der Waals surface area contributed by atoms with E-state index in [0.29, 0.717) is 17.7 Å². The zero-order valence-corrected chi connectivity index (χ0v) is 14.4. The molecule has 6 heteroatoms. The zero-order valence-electron chi connectivity index (χ0n) is 13.5. The summed E-state index contributed by atoms with van der Waals surface area (Å²) in [7, 11) is 1.94. The predicted molar refractivity (Wildman–Crippen MR) is 90.7 cm³/mol. The summed E-state index contributed by atoms with van der Waals surface area (Å²) < 4.78 is 1.82. The van der Waals surface area contributed by atoms with Gasteiger partial charge in [0.1, 0.15) is 0 Å². The zero-order chi connectivity index (χ0) is 15.2. The summed E-state index contributed by atoms with van der Waals surface area (Å²) in [5.74, 6) is 2.92. The molecule has 0 spiro atoms. The number of rotatable bonds is 4. The third-order valence-electron chi connectivity index (χ3n) is 3.64. The first-order valence-electron chi connectivity index (χ1n) is 7.72. The molecule has 1 saturated heterocycles. The van der Waals surface area contributed by atoms with Gasteiger partial charge in [0.05, 0.1) is 12.7 Å². The first-order chi connectivity index (χ1) is 10.1. The fraction of sp³-hybridized carbons (Fsp3) is 0.733. The SMILES string of the molecule is CCNC(=NCc1cnn(C)c1)N1CCSC(C(C)C)C1. The summed E-state index contributed by atoms with van der Waals surface area (Å²) >= 11 is 2.09. The van der Waals surface area contributed by atoms with Crippen molar-refractivity contribution in [2.45, 2.75) is 32.6 Å². The third-order valence-corrected chi connectivity index (χ3v) is 5.18. The standard InChI is InChI=1S/C15H27N5S/c1-5-16-15(17-8-13-9-18-19(4)10-13)20-6-7-21-14(11-20)12(2)3/h9-10,12,14H,5-8,11H2,1-4H3,(H,16,17). The quantitative estimate of drug-likeness (QED) is 0.682. The number of hydrogen-bond donors (Lipinski definition) is 1. The van der Waals surface area contributed by atoms with Crippen LogP contribution >= 0.6 is 11.8 Å². The highest BCUT2D eigenvalue weighted by atomic mass is 32.2. The van der Waals surface area contributed by atoms with Gasteiger partial charge < -0.3 is 10.2 Å². The summed E-state index contributed by atoms with van der Waals surface area (Å²) in [5.41, 5.74) is 1.15. The second-order valence-corrected chi connectivity index (χ2v) is 7.14. The van der Waals surface area contributed by atoms with E-state index in [4.69, 9.17) is 4.99 Å². The number of nitrogens with zero attached hydrogens (tertiary/aromatic N) is 4. The van der Waals surface area contributed by atoms with Gasteiger partial charge in [-0.2, -0.15) is 16.9 Å². The van der Waals surface area contributed by atoms with E-state index in [1.807, 2.05) is 24.1 Å². The van der Waals surface area contributed by atoms with E-state index in [1.54, 1.807) is 0 Å². The van der Waals surface area contributed by atoms with Gasteiger partial charge in [0.25, 0.3) is 0 Å². The molecule has 1 aliphatic rings. The van der Waals surface area contributed by atoms with Crippen molar-refractivity contribution in [3.63, 3.8) is 0 Å². The number of aliphatic imine (C=N–C) groups is 1. The van der Waals surface area contributed by atoms with Crippen molar-refractivity contribution < 1.29 is 0 Å². The Morgan fingerprint density at radius 2 is 2.38 bits per heavy atom. The average Bonchev–Trinajstić information content (AvgIpc) is 2.89. The van der Waals surface area contributed by atoms with Gasteiger partial charge in [0, 0.05) is 49.4 Å². The fourth-order valence-electron chi connectivity index (χ4n) is 2.42. The maximum absolute atomic E-state index is 4.78. The second kappa shape index (κ2) is 7.73. The van der Waals surface area contributed by atoms with Crippen LogP contribution in [0.25, 0.3) is 0 Å². The molecule has 2 rings (SSSR count). The van der Waals surface area contributed by atoms with Gasteiger partial charge in [0.15, 0.2) is 5.96 Å². The Morgan fingerprint density at radius 3 is 3.00 bits per heavy atom. The van der Waals surface area contributed by atoms with Crippen molar-refractivity contribution in [2.24, 2.45) is 18.0 Å². The lowest BCUT2D eigenvalue weighted by atomic mass is 10.1. The fourth-order valence-corrected chi connectivity index (χ4v) is 3.72. The molecule has 2 heterocycles. The molecule has 0 radical (unpaired) electrons. The van der Waals surface area contributed by atoms with Crippen molar-refractivity contribution in [1.29, 1.82) is 0 Å². The maximum Gasteiger partial charge on any atom is 0.194 e. The number of hydrogen-bond acceptors (Lipinski definition) is 3. The first-order valence-corrected chi connectivity index (χ1v) is 8.77. The summed E-state index contributed by atoms with van der Waals surface area (Å²) in [5, 5.41) is 8.32. The highest BCUT2D eigenvalue weighted by Crippen LogP contribution is 2.24. The van der Waals surface area contributed by atoms with E-state index in [9.17, 15) is 0 Å². The van der Waals surface area contributed by atoms with E-state index < -0.39 is 0 Å². The molecule has 1 aromatic heterocycles. The largest absolute Gasteiger partial charge is 0.357 e. The van der Waals surface area contributed by atoms with Crippen molar-refractivity contribution in [3.8, 4) is 0 Å². The molecule has 5 nitrogen and oxygen atoms in total. The van der Waals surface area contributed by atoms with E-state index in [1.165, 1.54) is 5.75 Å². The smallest absolute Gasteiger partial charge is 0.194 e. The molecule has 1 atom stereocenters. The Morgan fingerprint density at radius 1 is 1.57 bits per heavy atom. The Kier molecular flexibility index (Phi) is 5.96. The minimum atomic E-state index is 0.687. The van der Waals surface area contributed by atoms with Crippen molar-refractivity contribution >= 4 is 17.7 Å². The number of thioether (sulfide) groups is 1. The van der Waals surface area contributed by atoms with Crippen LogP contribution in [-0.2, 0) is 13.6 Å². The molecule has 1 N–H and O–H groups in total. The van der Waals surface area contributed by atoms with Crippen LogP contribution < -0.4 is 5.32 Å². The van der Waals surface area contributed by atoms with Gasteiger partial charge in [-0.1, -0.05) is 13.8 Å². The Labute approximate surface area is 132 Å². The minimum Gasteiger partial charge on any atom is -0.357 e. The molecular formula is C15H27N5S. The molecule has 1 fully saturated rings. The number of guanidine groups is 1. The van der Waals surface area contributed by atoms with Gasteiger partial charge in [-0.3, -0.25) is 4.68 Å². The van der Waals surface area contributed by atoms with Gasteiger partial charge >= 0.3 is 0 Å². The number of aromatic nitrogens is 2. The molecule has 0 aromatic carbocycles. The number of aryl methyl sites for hydroxylation is 1. The van der Waals surface area contributed by atoms with Crippen molar-refractivity contribution in [2.75, 3.05) is 25.4 Å². The lowest BCUT2D eigenvalue weighted by Crippen LogP contribution is -2.49. The highest BCUT2D eigenvalue weighted by Gasteiger charge is 2.24. The first kappa shape index (κ1) is 16.2. The third kappa shape index (κ3) is 4.66. The molecule has 0 saturated carbocycles. The lowest BCUT2D eigenvalue weighted by Gasteiger charge is -2.36. The molecule has 1 aliphatic heterocycles. The van der Waals surface area contributed by atoms with Crippen LogP contribution in [0.2, 0.25) is 0 Å². The minimum absolute atomic E-state index is 0.687. The normalized spacial score (nSPS) is 20.1. The van der Waals surface area contributed by atoms with Gasteiger partial charge in [-0.25, -0.2) is 4.99 Å². The predicted octanol–water partition coefficient (Wildman–Crippen LogP) is 1.96. The summed E-state index contributed by atoms with van der Waals surface area (Å²) in [6.45, 7) is 10.5. The molecule has 1 aromatic rings. The van der Waals surface area contributed by atoms with E-state index in [-0.39, 0.29) is 0 Å². The van der Waals surface area contributed by atoms with E-state index in [2.05, 4.69) is 47.8 Å². The van der Waals surface area contributed by atoms with Crippen LogP contribution in [0.1, 0.15) is 26.3 Å². The topological polar surface area (TPSA) is 45.5 Å². The molecule has 0 bridgehead atoms. The maximum atomic E-state index is 4.78. The Bertz CT molecular complexity index is 468.